The molecule has 0 radical (unpaired) electrons. The van der Waals surface area contributed by atoms with Crippen LogP contribution in [0, 0.1) is 0 Å². The molecular weight excluding hydrogens is 538 g/mol. The Morgan fingerprint density at radius 2 is 1.84 bits per heavy atom. The lowest BCUT2D eigenvalue weighted by Crippen LogP contribution is -2.18. The number of aromatic amines is 1. The van der Waals surface area contributed by atoms with E-state index in [1.54, 1.807) is 24.3 Å². The van der Waals surface area contributed by atoms with Gasteiger partial charge in [0.05, 0.1) is 19.6 Å². The zero-order valence-electron chi connectivity index (χ0n) is 19.5. The lowest BCUT2D eigenvalue weighted by Gasteiger charge is -2.09. The van der Waals surface area contributed by atoms with Crippen molar-refractivity contribution >= 4 is 44.9 Å². The van der Waals surface area contributed by atoms with Gasteiger partial charge in [-0.1, -0.05) is 46.3 Å². The maximum absolute atomic E-state index is 13.1. The number of amides is 1. The number of rotatable bonds is 7. The Balaban J connectivity index is 1.36. The van der Waals surface area contributed by atoms with Crippen LogP contribution >= 0.6 is 15.9 Å². The van der Waals surface area contributed by atoms with E-state index in [2.05, 4.69) is 31.4 Å². The molecule has 2 N–H and O–H groups in total. The third-order valence-electron chi connectivity index (χ3n) is 5.54. The summed E-state index contributed by atoms with van der Waals surface area (Å²) >= 11 is 3.51. The van der Waals surface area contributed by atoms with Crippen LogP contribution in [-0.2, 0) is 0 Å². The SMILES string of the molecule is COc1cc(C=NNC(=O)c2[nH]c3ccc(Br)cc3c2-c2ccccc2)ccc1OC(=O)c1ccco1. The van der Waals surface area contributed by atoms with Gasteiger partial charge >= 0.3 is 5.97 Å². The highest BCUT2D eigenvalue weighted by Gasteiger charge is 2.19. The third-order valence-corrected chi connectivity index (χ3v) is 6.04. The number of H-pyrrole nitrogens is 1. The van der Waals surface area contributed by atoms with Crippen molar-refractivity contribution in [2.75, 3.05) is 7.11 Å². The molecule has 0 bridgehead atoms. The van der Waals surface area contributed by atoms with Gasteiger partial charge in [-0.05, 0) is 59.7 Å². The van der Waals surface area contributed by atoms with Crippen LogP contribution in [0.4, 0.5) is 0 Å². The number of hydrogen-bond donors (Lipinski definition) is 2. The number of esters is 1. The normalized spacial score (nSPS) is 11.1. The van der Waals surface area contributed by atoms with Crippen molar-refractivity contribution in [3.05, 3.63) is 107 Å². The number of benzene rings is 3. The fourth-order valence-electron chi connectivity index (χ4n) is 3.85. The van der Waals surface area contributed by atoms with Crippen molar-refractivity contribution in [1.29, 1.82) is 0 Å². The minimum atomic E-state index is -0.642. The van der Waals surface area contributed by atoms with Crippen LogP contribution in [0.25, 0.3) is 22.0 Å². The summed E-state index contributed by atoms with van der Waals surface area (Å²) in [5.74, 6) is -0.408. The van der Waals surface area contributed by atoms with E-state index < -0.39 is 11.9 Å². The van der Waals surface area contributed by atoms with Gasteiger partial charge in [0.1, 0.15) is 5.69 Å². The molecule has 0 unspecified atom stereocenters. The molecule has 0 aliphatic carbocycles. The van der Waals surface area contributed by atoms with Gasteiger partial charge in [0.15, 0.2) is 11.5 Å². The van der Waals surface area contributed by atoms with E-state index in [1.165, 1.54) is 25.7 Å². The summed E-state index contributed by atoms with van der Waals surface area (Å²) in [6.45, 7) is 0. The quantitative estimate of drug-likeness (QED) is 0.107. The zero-order valence-corrected chi connectivity index (χ0v) is 21.1. The number of hydrazone groups is 1. The molecule has 0 atom stereocenters. The fourth-order valence-corrected chi connectivity index (χ4v) is 4.22. The number of carbonyl (C=O) groups is 2. The molecule has 0 spiro atoms. The Labute approximate surface area is 220 Å². The first-order valence-corrected chi connectivity index (χ1v) is 12.0. The summed E-state index contributed by atoms with van der Waals surface area (Å²) in [6, 6.07) is 23.5. The number of halogens is 1. The first-order chi connectivity index (χ1) is 18.0. The molecule has 37 heavy (non-hydrogen) atoms. The molecule has 0 fully saturated rings. The summed E-state index contributed by atoms with van der Waals surface area (Å²) in [7, 11) is 1.46. The molecule has 2 heterocycles. The molecule has 9 heteroatoms. The number of aromatic nitrogens is 1. The van der Waals surface area contributed by atoms with E-state index in [-0.39, 0.29) is 11.5 Å². The maximum atomic E-state index is 13.1. The smallest absolute Gasteiger partial charge is 0.379 e. The lowest BCUT2D eigenvalue weighted by atomic mass is 10.0. The first-order valence-electron chi connectivity index (χ1n) is 11.2. The second-order valence-electron chi connectivity index (χ2n) is 7.91. The van der Waals surface area contributed by atoms with Gasteiger partial charge in [0, 0.05) is 20.9 Å². The van der Waals surface area contributed by atoms with Gasteiger partial charge in [0.2, 0.25) is 5.76 Å². The maximum Gasteiger partial charge on any atom is 0.379 e. The number of hydrogen-bond acceptors (Lipinski definition) is 6. The standard InChI is InChI=1S/C28H20BrN3O5/c1-35-24-14-17(9-12-22(24)37-28(34)23-8-5-13-36-23)16-30-32-27(33)26-25(18-6-3-2-4-7-18)20-15-19(29)10-11-21(20)31-26/h2-16,31H,1H3,(H,32,33). The largest absolute Gasteiger partial charge is 0.493 e. The molecule has 184 valence electrons. The summed E-state index contributed by atoms with van der Waals surface area (Å²) in [5.41, 5.74) is 6.13. The molecule has 0 saturated carbocycles. The highest BCUT2D eigenvalue weighted by Crippen LogP contribution is 2.34. The van der Waals surface area contributed by atoms with E-state index in [0.717, 1.165) is 26.5 Å². The topological polar surface area (TPSA) is 106 Å². The average molecular weight is 558 g/mol. The Kier molecular flexibility index (Phi) is 6.87. The Morgan fingerprint density at radius 3 is 2.59 bits per heavy atom. The minimum Gasteiger partial charge on any atom is -0.493 e. The Bertz CT molecular complexity index is 1610. The van der Waals surface area contributed by atoms with Crippen molar-refractivity contribution in [3.63, 3.8) is 0 Å². The van der Waals surface area contributed by atoms with E-state index in [1.807, 2.05) is 48.5 Å². The van der Waals surface area contributed by atoms with Crippen LogP contribution in [0.1, 0.15) is 26.6 Å². The van der Waals surface area contributed by atoms with Gasteiger partial charge < -0.3 is 18.9 Å². The van der Waals surface area contributed by atoms with Gasteiger partial charge in [-0.25, -0.2) is 10.2 Å². The average Bonchev–Trinajstić information content (AvgIpc) is 3.58. The predicted octanol–water partition coefficient (Wildman–Crippen LogP) is 6.18. The molecular formula is C28H20BrN3O5. The summed E-state index contributed by atoms with van der Waals surface area (Å²) in [6.07, 6.45) is 2.86. The highest BCUT2D eigenvalue weighted by atomic mass is 79.9. The number of nitrogens with one attached hydrogen (secondary N) is 2. The van der Waals surface area contributed by atoms with Crippen molar-refractivity contribution in [1.82, 2.24) is 10.4 Å². The summed E-state index contributed by atoms with van der Waals surface area (Å²) in [4.78, 5) is 28.5. The molecule has 0 aliphatic heterocycles. The van der Waals surface area contributed by atoms with Gasteiger partial charge in [0.25, 0.3) is 5.91 Å². The van der Waals surface area contributed by atoms with Crippen LogP contribution in [-0.4, -0.2) is 30.2 Å². The number of fused-ring (bicyclic) bond motifs is 1. The van der Waals surface area contributed by atoms with Crippen LogP contribution in [0.3, 0.4) is 0 Å². The second kappa shape index (κ2) is 10.5. The molecule has 0 saturated heterocycles. The molecule has 0 aliphatic rings. The Hall–Kier alpha value is -4.63. The van der Waals surface area contributed by atoms with E-state index in [0.29, 0.717) is 17.0 Å². The molecule has 5 aromatic rings. The monoisotopic (exact) mass is 557 g/mol. The number of carbonyl (C=O) groups excluding carboxylic acids is 2. The van der Waals surface area contributed by atoms with E-state index in [9.17, 15) is 9.59 Å². The van der Waals surface area contributed by atoms with Gasteiger partial charge in [-0.15, -0.1) is 0 Å². The van der Waals surface area contributed by atoms with Crippen LogP contribution < -0.4 is 14.9 Å². The number of ether oxygens (including phenoxy) is 2. The molecule has 8 nitrogen and oxygen atoms in total. The predicted molar refractivity (Wildman–Crippen MR) is 143 cm³/mol. The van der Waals surface area contributed by atoms with E-state index >= 15 is 0 Å². The first kappa shape index (κ1) is 24.1. The van der Waals surface area contributed by atoms with Crippen LogP contribution in [0.15, 0.2) is 99.1 Å². The van der Waals surface area contributed by atoms with Crippen LogP contribution in [0.5, 0.6) is 11.5 Å². The summed E-state index contributed by atoms with van der Waals surface area (Å²) in [5, 5.41) is 5.03. The third kappa shape index (κ3) is 5.17. The Morgan fingerprint density at radius 1 is 1.00 bits per heavy atom. The highest BCUT2D eigenvalue weighted by molar-refractivity contribution is 9.10. The van der Waals surface area contributed by atoms with Gasteiger partial charge in [-0.2, -0.15) is 5.10 Å². The van der Waals surface area contributed by atoms with Gasteiger partial charge in [-0.3, -0.25) is 4.79 Å². The lowest BCUT2D eigenvalue weighted by molar-refractivity contribution is 0.0696. The van der Waals surface area contributed by atoms with Crippen molar-refractivity contribution < 1.29 is 23.5 Å². The second-order valence-corrected chi connectivity index (χ2v) is 8.82. The van der Waals surface area contributed by atoms with Crippen molar-refractivity contribution in [2.24, 2.45) is 5.10 Å². The fraction of sp³-hybridized carbons (Fsp3) is 0.0357. The zero-order chi connectivity index (χ0) is 25.8. The van der Waals surface area contributed by atoms with Crippen molar-refractivity contribution in [3.8, 4) is 22.6 Å². The summed E-state index contributed by atoms with van der Waals surface area (Å²) < 4.78 is 16.7. The van der Waals surface area contributed by atoms with Crippen molar-refractivity contribution in [2.45, 2.75) is 0 Å². The molecule has 1 amide bonds. The van der Waals surface area contributed by atoms with Crippen LogP contribution in [0.2, 0.25) is 0 Å². The molecule has 3 aromatic carbocycles. The van der Waals surface area contributed by atoms with E-state index in [4.69, 9.17) is 13.9 Å². The number of methoxy groups -OCH3 is 1. The number of nitrogens with zero attached hydrogens (tertiary/aromatic N) is 1. The minimum absolute atomic E-state index is 0.0783. The molecule has 2 aromatic heterocycles. The number of furan rings is 1. The molecule has 5 rings (SSSR count).